The van der Waals surface area contributed by atoms with Gasteiger partial charge in [-0.25, -0.2) is 14.6 Å². The summed E-state index contributed by atoms with van der Waals surface area (Å²) in [7, 11) is 1.24. The fourth-order valence-electron chi connectivity index (χ4n) is 1.20. The molecule has 0 aliphatic carbocycles. The van der Waals surface area contributed by atoms with Gasteiger partial charge in [0.2, 0.25) is 0 Å². The second-order valence-electron chi connectivity index (χ2n) is 4.07. The summed E-state index contributed by atoms with van der Waals surface area (Å²) < 4.78 is 9.88. The number of carboxylic acid groups (broad SMARTS) is 1. The highest BCUT2D eigenvalue weighted by Crippen LogP contribution is 2.19. The quantitative estimate of drug-likeness (QED) is 0.802. The molecule has 1 heterocycles. The zero-order valence-electron chi connectivity index (χ0n) is 10.5. The van der Waals surface area contributed by atoms with Crippen LogP contribution in [0.1, 0.15) is 34.7 Å². The third-order valence-corrected chi connectivity index (χ3v) is 2.05. The van der Waals surface area contributed by atoms with Gasteiger partial charge in [0.1, 0.15) is 0 Å². The Bertz CT molecular complexity index is 456. The van der Waals surface area contributed by atoms with Gasteiger partial charge in [-0.1, -0.05) is 13.8 Å². The molecule has 0 radical (unpaired) electrons. The summed E-state index contributed by atoms with van der Waals surface area (Å²) in [5.41, 5.74) is -0.0652. The smallest absolute Gasteiger partial charge is 0.358 e. The molecule has 1 aromatic heterocycles. The van der Waals surface area contributed by atoms with Crippen molar-refractivity contribution in [3.63, 3.8) is 0 Å². The van der Waals surface area contributed by atoms with E-state index in [2.05, 4.69) is 9.72 Å². The van der Waals surface area contributed by atoms with Crippen molar-refractivity contribution in [2.24, 2.45) is 5.92 Å². The van der Waals surface area contributed by atoms with Crippen molar-refractivity contribution < 1.29 is 24.2 Å². The fraction of sp³-hybridized carbons (Fsp3) is 0.417. The molecule has 0 amide bonds. The van der Waals surface area contributed by atoms with Crippen LogP contribution in [0.3, 0.4) is 0 Å². The third kappa shape index (κ3) is 3.44. The number of carbonyl (C=O) groups excluding carboxylic acids is 1. The first-order chi connectivity index (χ1) is 8.45. The molecule has 0 aliphatic rings. The van der Waals surface area contributed by atoms with Gasteiger partial charge in [-0.05, 0) is 12.0 Å². The highest BCUT2D eigenvalue weighted by atomic mass is 16.5. The summed E-state index contributed by atoms with van der Waals surface area (Å²) in [6, 6.07) is 1.32. The maximum Gasteiger partial charge on any atom is 0.358 e. The molecule has 0 atom stereocenters. The number of hydrogen-bond acceptors (Lipinski definition) is 5. The van der Waals surface area contributed by atoms with E-state index in [9.17, 15) is 9.59 Å². The molecule has 6 nitrogen and oxygen atoms in total. The van der Waals surface area contributed by atoms with Gasteiger partial charge in [-0.15, -0.1) is 0 Å². The van der Waals surface area contributed by atoms with Gasteiger partial charge >= 0.3 is 11.9 Å². The second kappa shape index (κ2) is 6.00. The molecule has 0 aliphatic heterocycles. The average molecular weight is 253 g/mol. The number of carboxylic acids is 1. The number of carbonyl (C=O) groups is 2. The van der Waals surface area contributed by atoms with Crippen LogP contribution in [0.25, 0.3) is 0 Å². The van der Waals surface area contributed by atoms with E-state index in [-0.39, 0.29) is 22.9 Å². The molecule has 0 aromatic carbocycles. The van der Waals surface area contributed by atoms with Crippen LogP contribution in [0.5, 0.6) is 5.75 Å². The summed E-state index contributed by atoms with van der Waals surface area (Å²) in [6.45, 7) is 4.20. The van der Waals surface area contributed by atoms with E-state index < -0.39 is 11.9 Å². The average Bonchev–Trinajstić information content (AvgIpc) is 2.34. The van der Waals surface area contributed by atoms with E-state index in [1.54, 1.807) is 0 Å². The maximum absolute atomic E-state index is 11.3. The van der Waals surface area contributed by atoms with Crippen molar-refractivity contribution in [1.29, 1.82) is 0 Å². The predicted octanol–water partition coefficient (Wildman–Crippen LogP) is 1.60. The van der Waals surface area contributed by atoms with E-state index in [1.165, 1.54) is 13.2 Å². The number of esters is 1. The molecule has 0 unspecified atom stereocenters. The first kappa shape index (κ1) is 14.0. The Morgan fingerprint density at radius 1 is 1.44 bits per heavy atom. The molecule has 1 rings (SSSR count). The van der Waals surface area contributed by atoms with Crippen molar-refractivity contribution in [3.8, 4) is 5.75 Å². The minimum absolute atomic E-state index is 0.0686. The standard InChI is InChI=1S/C12H15NO5/c1-7(2)6-18-9-4-8(12(16)17-3)5-13-10(9)11(14)15/h4-5,7H,6H2,1-3H3,(H,14,15). The maximum atomic E-state index is 11.3. The zero-order valence-corrected chi connectivity index (χ0v) is 10.5. The number of ether oxygens (including phenoxy) is 2. The highest BCUT2D eigenvalue weighted by Gasteiger charge is 2.17. The minimum Gasteiger partial charge on any atom is -0.491 e. The normalized spacial score (nSPS) is 10.2. The van der Waals surface area contributed by atoms with Crippen molar-refractivity contribution in [1.82, 2.24) is 4.98 Å². The molecular weight excluding hydrogens is 238 g/mol. The van der Waals surface area contributed by atoms with Crippen molar-refractivity contribution in [2.45, 2.75) is 13.8 Å². The van der Waals surface area contributed by atoms with E-state index in [0.29, 0.717) is 6.61 Å². The second-order valence-corrected chi connectivity index (χ2v) is 4.07. The van der Waals surface area contributed by atoms with Gasteiger partial charge in [0.05, 0.1) is 19.3 Å². The Balaban J connectivity index is 3.07. The lowest BCUT2D eigenvalue weighted by atomic mass is 10.2. The predicted molar refractivity (Wildman–Crippen MR) is 62.9 cm³/mol. The van der Waals surface area contributed by atoms with Gasteiger partial charge in [-0.2, -0.15) is 0 Å². The Hall–Kier alpha value is -2.11. The third-order valence-electron chi connectivity index (χ3n) is 2.05. The van der Waals surface area contributed by atoms with E-state index in [4.69, 9.17) is 9.84 Å². The zero-order chi connectivity index (χ0) is 13.7. The van der Waals surface area contributed by atoms with Crippen LogP contribution < -0.4 is 4.74 Å². The van der Waals surface area contributed by atoms with Crippen LogP contribution in [-0.4, -0.2) is 35.7 Å². The molecule has 1 aromatic rings. The monoisotopic (exact) mass is 253 g/mol. The number of rotatable bonds is 5. The molecule has 0 bridgehead atoms. The molecule has 1 N–H and O–H groups in total. The Labute approximate surface area is 105 Å². The van der Waals surface area contributed by atoms with Crippen LogP contribution in [0.15, 0.2) is 12.3 Å². The summed E-state index contributed by atoms with van der Waals surface area (Å²) in [6.07, 6.45) is 1.15. The molecular formula is C12H15NO5. The number of hydrogen-bond donors (Lipinski definition) is 1. The number of aromatic carboxylic acids is 1. The summed E-state index contributed by atoms with van der Waals surface area (Å²) in [5, 5.41) is 8.96. The van der Waals surface area contributed by atoms with Crippen LogP contribution in [0.2, 0.25) is 0 Å². The Morgan fingerprint density at radius 2 is 2.11 bits per heavy atom. The van der Waals surface area contributed by atoms with Crippen LogP contribution in [0.4, 0.5) is 0 Å². The van der Waals surface area contributed by atoms with Gasteiger partial charge in [0.15, 0.2) is 11.4 Å². The van der Waals surface area contributed by atoms with E-state index in [0.717, 1.165) is 6.20 Å². The summed E-state index contributed by atoms with van der Waals surface area (Å²) >= 11 is 0. The highest BCUT2D eigenvalue weighted by molar-refractivity contribution is 5.93. The first-order valence-corrected chi connectivity index (χ1v) is 5.40. The number of aromatic nitrogens is 1. The van der Waals surface area contributed by atoms with Gasteiger partial charge in [-0.3, -0.25) is 0 Å². The summed E-state index contributed by atoms with van der Waals surface area (Å²) in [5.74, 6) is -1.49. The molecule has 0 saturated carbocycles. The minimum atomic E-state index is -1.20. The summed E-state index contributed by atoms with van der Waals surface area (Å²) in [4.78, 5) is 26.0. The lowest BCUT2D eigenvalue weighted by molar-refractivity contribution is 0.0596. The van der Waals surface area contributed by atoms with Gasteiger partial charge in [0.25, 0.3) is 0 Å². The first-order valence-electron chi connectivity index (χ1n) is 5.40. The van der Waals surface area contributed by atoms with E-state index in [1.807, 2.05) is 13.8 Å². The van der Waals surface area contributed by atoms with Gasteiger partial charge < -0.3 is 14.6 Å². The number of pyridine rings is 1. The van der Waals surface area contributed by atoms with Crippen molar-refractivity contribution in [2.75, 3.05) is 13.7 Å². The topological polar surface area (TPSA) is 85.7 Å². The molecule has 0 fully saturated rings. The molecule has 6 heteroatoms. The lowest BCUT2D eigenvalue weighted by Gasteiger charge is -2.11. The number of methoxy groups -OCH3 is 1. The molecule has 0 saturated heterocycles. The van der Waals surface area contributed by atoms with Crippen molar-refractivity contribution in [3.05, 3.63) is 23.5 Å². The number of nitrogens with zero attached hydrogens (tertiary/aromatic N) is 1. The molecule has 98 valence electrons. The fourth-order valence-corrected chi connectivity index (χ4v) is 1.20. The lowest BCUT2D eigenvalue weighted by Crippen LogP contribution is -2.12. The van der Waals surface area contributed by atoms with Crippen LogP contribution in [0, 0.1) is 5.92 Å². The van der Waals surface area contributed by atoms with Crippen molar-refractivity contribution >= 4 is 11.9 Å². The van der Waals surface area contributed by atoms with Gasteiger partial charge in [0, 0.05) is 6.20 Å². The SMILES string of the molecule is COC(=O)c1cnc(C(=O)O)c(OCC(C)C)c1. The largest absolute Gasteiger partial charge is 0.491 e. The Morgan fingerprint density at radius 3 is 2.61 bits per heavy atom. The van der Waals surface area contributed by atoms with Crippen LogP contribution >= 0.6 is 0 Å². The molecule has 18 heavy (non-hydrogen) atoms. The van der Waals surface area contributed by atoms with E-state index >= 15 is 0 Å². The Kier molecular flexibility index (Phi) is 4.65. The molecule has 0 spiro atoms. The van der Waals surface area contributed by atoms with Crippen LogP contribution in [-0.2, 0) is 4.74 Å².